The molecule has 0 radical (unpaired) electrons. The van der Waals surface area contributed by atoms with Crippen LogP contribution in [0.1, 0.15) is 36.2 Å². The lowest BCUT2D eigenvalue weighted by atomic mass is 10.0. The number of piperazine rings is 1. The van der Waals surface area contributed by atoms with Gasteiger partial charge < -0.3 is 30.5 Å². The fraction of sp³-hybridized carbons (Fsp3) is 0.448. The van der Waals surface area contributed by atoms with Crippen LogP contribution in [-0.4, -0.2) is 79.7 Å². The number of nitrogens with zero attached hydrogens (tertiary/aromatic N) is 5. The maximum absolute atomic E-state index is 13.6. The molecule has 10 nitrogen and oxygen atoms in total. The third kappa shape index (κ3) is 6.38. The monoisotopic (exact) mass is 528 g/mol. The van der Waals surface area contributed by atoms with Gasteiger partial charge in [-0.05, 0) is 37.9 Å². The highest BCUT2D eigenvalue weighted by molar-refractivity contribution is 6.09. The molecule has 5 rings (SSSR count). The third-order valence-electron chi connectivity index (χ3n) is 7.60. The first kappa shape index (κ1) is 26.7. The number of likely N-dealkylation sites (N-methyl/N-ethyl adjacent to an activating group) is 1. The number of hydrogen-bond acceptors (Lipinski definition) is 9. The second-order valence-corrected chi connectivity index (χ2v) is 10.3. The number of rotatable bonds is 8. The smallest absolute Gasteiger partial charge is 0.274 e. The highest BCUT2D eigenvalue weighted by atomic mass is 16.5. The Balaban J connectivity index is 1.43. The number of carbonyl (C=O) groups excluding carboxylic acids is 1. The van der Waals surface area contributed by atoms with Crippen LogP contribution in [0.25, 0.3) is 10.8 Å². The minimum absolute atomic E-state index is 0.0476. The number of ether oxygens (including phenoxy) is 1. The second kappa shape index (κ2) is 12.3. The molecule has 1 unspecified atom stereocenters. The minimum atomic E-state index is -0.321. The van der Waals surface area contributed by atoms with Crippen LogP contribution in [0.15, 0.2) is 42.5 Å². The summed E-state index contributed by atoms with van der Waals surface area (Å²) in [5.74, 6) is 1.45. The van der Waals surface area contributed by atoms with E-state index in [9.17, 15) is 10.1 Å². The number of piperidine rings is 1. The van der Waals surface area contributed by atoms with Gasteiger partial charge >= 0.3 is 0 Å². The number of amides is 1. The van der Waals surface area contributed by atoms with E-state index in [-0.39, 0.29) is 17.6 Å². The predicted octanol–water partition coefficient (Wildman–Crippen LogP) is 3.48. The van der Waals surface area contributed by atoms with Crippen LogP contribution in [0.3, 0.4) is 0 Å². The molecule has 1 aromatic heterocycles. The van der Waals surface area contributed by atoms with E-state index in [1.165, 1.54) is 12.8 Å². The summed E-state index contributed by atoms with van der Waals surface area (Å²) in [7, 11) is 3.76. The lowest BCUT2D eigenvalue weighted by Gasteiger charge is -2.34. The van der Waals surface area contributed by atoms with Crippen molar-refractivity contribution < 1.29 is 9.53 Å². The van der Waals surface area contributed by atoms with Crippen LogP contribution in [0.4, 0.5) is 17.5 Å². The number of carbonyl (C=O) groups is 1. The van der Waals surface area contributed by atoms with Gasteiger partial charge in [-0.3, -0.25) is 4.79 Å². The number of anilines is 3. The Morgan fingerprint density at radius 3 is 2.90 bits per heavy atom. The number of aromatic nitrogens is 2. The molecule has 1 amide bonds. The Kier molecular flexibility index (Phi) is 8.39. The van der Waals surface area contributed by atoms with Crippen LogP contribution in [-0.2, 0) is 0 Å². The molecule has 204 valence electrons. The lowest BCUT2D eigenvalue weighted by Crippen LogP contribution is -2.51. The maximum Gasteiger partial charge on any atom is 0.274 e. The molecule has 3 N–H and O–H groups in total. The highest BCUT2D eigenvalue weighted by Gasteiger charge is 2.24. The van der Waals surface area contributed by atoms with Crippen LogP contribution in [0.2, 0.25) is 0 Å². The number of methoxy groups -OCH3 is 1. The molecule has 2 saturated heterocycles. The van der Waals surface area contributed by atoms with E-state index in [1.807, 2.05) is 36.4 Å². The summed E-state index contributed by atoms with van der Waals surface area (Å²) in [4.78, 5) is 27.5. The molecule has 0 saturated carbocycles. The van der Waals surface area contributed by atoms with Gasteiger partial charge in [0.1, 0.15) is 17.3 Å². The lowest BCUT2D eigenvalue weighted by molar-refractivity contribution is 0.102. The molecule has 2 fully saturated rings. The Labute approximate surface area is 229 Å². The van der Waals surface area contributed by atoms with Crippen molar-refractivity contribution in [2.24, 2.45) is 0 Å². The fourth-order valence-corrected chi connectivity index (χ4v) is 5.37. The standard InChI is InChI=1S/C29H36N8O2/c1-36-13-6-5-8-22(36)18-32-29-34-26(17-27(35-29)37-14-12-31-21(19-37)10-11-30)28(38)33-25-16-23(39-2)15-20-7-3-4-9-24(20)25/h3-4,7,9,15-17,21-22,31H,5-6,8,10,12-14,18-19H2,1-2H3,(H,33,38)(H,32,34,35)/t21-,22?/m0/s1. The molecular formula is C29H36N8O2. The summed E-state index contributed by atoms with van der Waals surface area (Å²) < 4.78 is 5.47. The summed E-state index contributed by atoms with van der Waals surface area (Å²) in [6.45, 7) is 3.89. The Morgan fingerprint density at radius 1 is 1.21 bits per heavy atom. The van der Waals surface area contributed by atoms with Gasteiger partial charge in [-0.25, -0.2) is 4.98 Å². The van der Waals surface area contributed by atoms with Crippen molar-refractivity contribution in [2.45, 2.75) is 37.8 Å². The minimum Gasteiger partial charge on any atom is -0.497 e. The van der Waals surface area contributed by atoms with Gasteiger partial charge in [0.2, 0.25) is 5.95 Å². The quantitative estimate of drug-likeness (QED) is 0.404. The number of nitriles is 1. The van der Waals surface area contributed by atoms with Crippen molar-refractivity contribution in [1.82, 2.24) is 20.2 Å². The Bertz CT molecular complexity index is 1360. The van der Waals surface area contributed by atoms with E-state index >= 15 is 0 Å². The molecule has 10 heteroatoms. The van der Waals surface area contributed by atoms with Crippen molar-refractivity contribution in [3.63, 3.8) is 0 Å². The number of hydrogen-bond donors (Lipinski definition) is 3. The second-order valence-electron chi connectivity index (χ2n) is 10.3. The summed E-state index contributed by atoms with van der Waals surface area (Å²) >= 11 is 0. The van der Waals surface area contributed by atoms with Crippen molar-refractivity contribution in [3.05, 3.63) is 48.2 Å². The molecule has 2 aromatic carbocycles. The van der Waals surface area contributed by atoms with Gasteiger partial charge in [-0.1, -0.05) is 30.7 Å². The number of likely N-dealkylation sites (tertiary alicyclic amines) is 1. The number of fused-ring (bicyclic) bond motifs is 1. The molecule has 3 heterocycles. The van der Waals surface area contributed by atoms with Gasteiger partial charge in [0, 0.05) is 55.8 Å². The van der Waals surface area contributed by atoms with Crippen molar-refractivity contribution in [1.29, 1.82) is 5.26 Å². The van der Waals surface area contributed by atoms with Crippen molar-refractivity contribution in [2.75, 3.05) is 62.4 Å². The molecule has 2 aliphatic heterocycles. The van der Waals surface area contributed by atoms with E-state index in [1.54, 1.807) is 13.2 Å². The van der Waals surface area contributed by atoms with E-state index < -0.39 is 0 Å². The topological polar surface area (TPSA) is 118 Å². The first-order valence-electron chi connectivity index (χ1n) is 13.6. The summed E-state index contributed by atoms with van der Waals surface area (Å²) in [5, 5.41) is 20.9. The van der Waals surface area contributed by atoms with Crippen LogP contribution in [0, 0.1) is 11.3 Å². The molecular weight excluding hydrogens is 492 g/mol. The summed E-state index contributed by atoms with van der Waals surface area (Å²) in [6, 6.07) is 16.1. The fourth-order valence-electron chi connectivity index (χ4n) is 5.37. The van der Waals surface area contributed by atoms with Crippen LogP contribution >= 0.6 is 0 Å². The normalized spacial score (nSPS) is 19.9. The van der Waals surface area contributed by atoms with Crippen LogP contribution in [0.5, 0.6) is 5.75 Å². The molecule has 0 aliphatic carbocycles. The first-order chi connectivity index (χ1) is 19.0. The summed E-state index contributed by atoms with van der Waals surface area (Å²) in [5.41, 5.74) is 0.937. The van der Waals surface area contributed by atoms with E-state index in [2.05, 4.69) is 43.9 Å². The van der Waals surface area contributed by atoms with Crippen molar-refractivity contribution in [3.8, 4) is 11.8 Å². The summed E-state index contributed by atoms with van der Waals surface area (Å²) in [6.07, 6.45) is 3.96. The van der Waals surface area contributed by atoms with E-state index in [4.69, 9.17) is 9.72 Å². The third-order valence-corrected chi connectivity index (χ3v) is 7.60. The Morgan fingerprint density at radius 2 is 2.08 bits per heavy atom. The van der Waals surface area contributed by atoms with Gasteiger partial charge in [0.25, 0.3) is 5.91 Å². The first-order valence-corrected chi connectivity index (χ1v) is 13.6. The zero-order valence-corrected chi connectivity index (χ0v) is 22.6. The molecule has 39 heavy (non-hydrogen) atoms. The predicted molar refractivity (Wildman–Crippen MR) is 153 cm³/mol. The van der Waals surface area contributed by atoms with Gasteiger partial charge in [-0.15, -0.1) is 0 Å². The zero-order chi connectivity index (χ0) is 27.2. The van der Waals surface area contributed by atoms with E-state index in [0.29, 0.717) is 48.8 Å². The van der Waals surface area contributed by atoms with Crippen molar-refractivity contribution >= 4 is 34.1 Å². The molecule has 2 atom stereocenters. The van der Waals surface area contributed by atoms with E-state index in [0.717, 1.165) is 36.8 Å². The molecule has 0 spiro atoms. The Hall–Kier alpha value is -3.94. The van der Waals surface area contributed by atoms with Gasteiger partial charge in [0.15, 0.2) is 0 Å². The van der Waals surface area contributed by atoms with Gasteiger partial charge in [-0.2, -0.15) is 10.2 Å². The maximum atomic E-state index is 13.6. The largest absolute Gasteiger partial charge is 0.497 e. The number of nitrogens with one attached hydrogen (secondary N) is 3. The number of benzene rings is 2. The van der Waals surface area contributed by atoms with Crippen LogP contribution < -0.4 is 25.6 Å². The molecule has 2 aliphatic rings. The average molecular weight is 529 g/mol. The molecule has 3 aromatic rings. The van der Waals surface area contributed by atoms with Gasteiger partial charge in [0.05, 0.1) is 25.3 Å². The zero-order valence-electron chi connectivity index (χ0n) is 22.6. The SMILES string of the molecule is COc1cc(NC(=O)c2cc(N3CCN[C@@H](CC#N)C3)nc(NCC3CCCCN3C)n2)c2ccccc2c1. The highest BCUT2D eigenvalue weighted by Crippen LogP contribution is 2.30. The average Bonchev–Trinajstić information content (AvgIpc) is 2.97. The molecule has 0 bridgehead atoms.